The molecule has 0 radical (unpaired) electrons. The molecule has 8 heteroatoms. The van der Waals surface area contributed by atoms with E-state index in [-0.39, 0.29) is 11.7 Å². The maximum atomic E-state index is 13.1. The number of rotatable bonds is 4. The second kappa shape index (κ2) is 8.46. The van der Waals surface area contributed by atoms with Crippen molar-refractivity contribution in [2.24, 2.45) is 0 Å². The molecule has 3 heterocycles. The molecule has 29 heavy (non-hydrogen) atoms. The first-order valence-electron chi connectivity index (χ1n) is 9.83. The number of benzene rings is 1. The summed E-state index contributed by atoms with van der Waals surface area (Å²) in [5, 5.41) is 0. The first-order valence-corrected chi connectivity index (χ1v) is 9.83. The highest BCUT2D eigenvalue weighted by molar-refractivity contribution is 5.95. The van der Waals surface area contributed by atoms with Gasteiger partial charge in [0.2, 0.25) is 6.41 Å². The molecule has 2 aliphatic heterocycles. The third kappa shape index (κ3) is 4.31. The minimum Gasteiger partial charge on any atom is -0.368 e. The molecule has 4 rings (SSSR count). The lowest BCUT2D eigenvalue weighted by Gasteiger charge is -2.36. The Hall–Kier alpha value is -3.16. The lowest BCUT2D eigenvalue weighted by atomic mass is 10.2. The maximum absolute atomic E-state index is 13.1. The highest BCUT2D eigenvalue weighted by Crippen LogP contribution is 2.20. The van der Waals surface area contributed by atoms with Gasteiger partial charge in [-0.2, -0.15) is 0 Å². The third-order valence-corrected chi connectivity index (χ3v) is 5.56. The summed E-state index contributed by atoms with van der Waals surface area (Å²) < 4.78 is 13.1. The molecule has 0 N–H and O–H groups in total. The molecule has 2 aromatic rings. The summed E-state index contributed by atoms with van der Waals surface area (Å²) in [7, 11) is 0. The fourth-order valence-corrected chi connectivity index (χ4v) is 3.81. The number of hydrogen-bond acceptors (Lipinski definition) is 5. The minimum absolute atomic E-state index is 0.0235. The summed E-state index contributed by atoms with van der Waals surface area (Å²) in [5.74, 6) is -0.271. The van der Waals surface area contributed by atoms with Gasteiger partial charge in [0.25, 0.3) is 5.91 Å². The van der Waals surface area contributed by atoms with E-state index in [1.165, 1.54) is 12.1 Å². The molecule has 0 spiro atoms. The van der Waals surface area contributed by atoms with Crippen LogP contribution in [-0.2, 0) is 4.79 Å². The summed E-state index contributed by atoms with van der Waals surface area (Å²) in [5.41, 5.74) is 2.46. The summed E-state index contributed by atoms with van der Waals surface area (Å²) in [6.45, 7) is 5.44. The molecule has 2 amide bonds. The summed E-state index contributed by atoms with van der Waals surface area (Å²) >= 11 is 0. The molecule has 0 atom stereocenters. The van der Waals surface area contributed by atoms with E-state index < -0.39 is 0 Å². The molecule has 1 aromatic heterocycles. The van der Waals surface area contributed by atoms with Crippen molar-refractivity contribution in [3.8, 4) is 0 Å². The number of aromatic nitrogens is 1. The van der Waals surface area contributed by atoms with Gasteiger partial charge in [0.15, 0.2) is 0 Å². The molecule has 152 valence electrons. The first kappa shape index (κ1) is 19.2. The van der Waals surface area contributed by atoms with E-state index in [2.05, 4.69) is 14.8 Å². The predicted octanol–water partition coefficient (Wildman–Crippen LogP) is 1.46. The molecule has 0 saturated carbocycles. The Morgan fingerprint density at radius 1 is 0.862 bits per heavy atom. The topological polar surface area (TPSA) is 60.0 Å². The predicted molar refractivity (Wildman–Crippen MR) is 109 cm³/mol. The average molecular weight is 397 g/mol. The number of hydrogen-bond donors (Lipinski definition) is 0. The van der Waals surface area contributed by atoms with Crippen LogP contribution in [0.15, 0.2) is 42.7 Å². The molecule has 2 fully saturated rings. The van der Waals surface area contributed by atoms with Crippen LogP contribution in [0.5, 0.6) is 0 Å². The van der Waals surface area contributed by atoms with Crippen molar-refractivity contribution in [3.05, 3.63) is 54.1 Å². The smallest absolute Gasteiger partial charge is 0.255 e. The van der Waals surface area contributed by atoms with Gasteiger partial charge in [-0.1, -0.05) is 0 Å². The van der Waals surface area contributed by atoms with Gasteiger partial charge in [0.1, 0.15) is 5.82 Å². The SMILES string of the molecule is O=CN1CCN(c2cncc(C(=O)N3CCN(c4ccc(F)cc4)CC3)c2)CC1. The van der Waals surface area contributed by atoms with Crippen LogP contribution < -0.4 is 9.80 Å². The van der Waals surface area contributed by atoms with Crippen molar-refractivity contribution in [1.29, 1.82) is 0 Å². The van der Waals surface area contributed by atoms with Crippen molar-refractivity contribution in [1.82, 2.24) is 14.8 Å². The molecular weight excluding hydrogens is 373 g/mol. The van der Waals surface area contributed by atoms with Crippen LogP contribution in [0.2, 0.25) is 0 Å². The molecule has 0 unspecified atom stereocenters. The second-order valence-electron chi connectivity index (χ2n) is 7.32. The first-order chi connectivity index (χ1) is 14.1. The largest absolute Gasteiger partial charge is 0.368 e. The van der Waals surface area contributed by atoms with Gasteiger partial charge in [-0.25, -0.2) is 4.39 Å². The standard InChI is InChI=1S/C21H24FN5O2/c22-18-1-3-19(4-2-18)25-9-11-27(12-10-25)21(29)17-13-20(15-23-14-17)26-7-5-24(16-28)6-8-26/h1-4,13-16H,5-12H2. The third-order valence-electron chi connectivity index (χ3n) is 5.56. The van der Waals surface area contributed by atoms with Crippen molar-refractivity contribution >= 4 is 23.7 Å². The number of pyridine rings is 1. The molecule has 2 aliphatic rings. The molecule has 1 aromatic carbocycles. The van der Waals surface area contributed by atoms with Crippen LogP contribution in [0.25, 0.3) is 0 Å². The molecular formula is C21H24FN5O2. The van der Waals surface area contributed by atoms with Crippen LogP contribution in [0.3, 0.4) is 0 Å². The maximum Gasteiger partial charge on any atom is 0.255 e. The number of amides is 2. The Kier molecular flexibility index (Phi) is 5.59. The zero-order valence-corrected chi connectivity index (χ0v) is 16.2. The molecule has 0 bridgehead atoms. The van der Waals surface area contributed by atoms with Crippen molar-refractivity contribution in [2.45, 2.75) is 0 Å². The van der Waals surface area contributed by atoms with Crippen molar-refractivity contribution < 1.29 is 14.0 Å². The quantitative estimate of drug-likeness (QED) is 0.731. The average Bonchev–Trinajstić information content (AvgIpc) is 2.79. The zero-order valence-electron chi connectivity index (χ0n) is 16.2. The molecule has 7 nitrogen and oxygen atoms in total. The lowest BCUT2D eigenvalue weighted by molar-refractivity contribution is -0.118. The summed E-state index contributed by atoms with van der Waals surface area (Å²) in [4.78, 5) is 36.0. The van der Waals surface area contributed by atoms with E-state index in [0.29, 0.717) is 44.8 Å². The second-order valence-corrected chi connectivity index (χ2v) is 7.32. The van der Waals surface area contributed by atoms with E-state index in [1.807, 2.05) is 11.0 Å². The number of anilines is 2. The number of piperazine rings is 2. The van der Waals surface area contributed by atoms with Gasteiger partial charge in [-0.05, 0) is 30.3 Å². The van der Waals surface area contributed by atoms with Gasteiger partial charge in [0, 0.05) is 64.2 Å². The van der Waals surface area contributed by atoms with E-state index in [4.69, 9.17) is 0 Å². The normalized spacial score (nSPS) is 17.4. The Balaban J connectivity index is 1.38. The molecule has 2 saturated heterocycles. The summed E-state index contributed by atoms with van der Waals surface area (Å²) in [6, 6.07) is 8.34. The fraction of sp³-hybridized carbons (Fsp3) is 0.381. The highest BCUT2D eigenvalue weighted by atomic mass is 19.1. The monoisotopic (exact) mass is 397 g/mol. The van der Waals surface area contributed by atoms with Crippen molar-refractivity contribution in [3.63, 3.8) is 0 Å². The van der Waals surface area contributed by atoms with E-state index in [0.717, 1.165) is 30.9 Å². The van der Waals surface area contributed by atoms with Crippen LogP contribution in [-0.4, -0.2) is 79.5 Å². The summed E-state index contributed by atoms with van der Waals surface area (Å²) in [6.07, 6.45) is 4.25. The van der Waals surface area contributed by atoms with Gasteiger partial charge >= 0.3 is 0 Å². The Labute approximate surface area is 169 Å². The fourth-order valence-electron chi connectivity index (χ4n) is 3.81. The van der Waals surface area contributed by atoms with Crippen LogP contribution in [0, 0.1) is 5.82 Å². The Morgan fingerprint density at radius 2 is 1.48 bits per heavy atom. The molecule has 0 aliphatic carbocycles. The number of nitrogens with zero attached hydrogens (tertiary/aromatic N) is 5. The van der Waals surface area contributed by atoms with Crippen molar-refractivity contribution in [2.75, 3.05) is 62.2 Å². The van der Waals surface area contributed by atoms with Gasteiger partial charge in [-0.15, -0.1) is 0 Å². The highest BCUT2D eigenvalue weighted by Gasteiger charge is 2.24. The van der Waals surface area contributed by atoms with E-state index in [9.17, 15) is 14.0 Å². The van der Waals surface area contributed by atoms with Crippen LogP contribution in [0.1, 0.15) is 10.4 Å². The van der Waals surface area contributed by atoms with E-state index >= 15 is 0 Å². The minimum atomic E-state index is -0.248. The number of halogens is 1. The number of carbonyl (C=O) groups is 2. The van der Waals surface area contributed by atoms with Gasteiger partial charge in [-0.3, -0.25) is 14.6 Å². The zero-order chi connectivity index (χ0) is 20.2. The van der Waals surface area contributed by atoms with Crippen LogP contribution in [0.4, 0.5) is 15.8 Å². The van der Waals surface area contributed by atoms with Crippen LogP contribution >= 0.6 is 0 Å². The van der Waals surface area contributed by atoms with E-state index in [1.54, 1.807) is 29.4 Å². The van der Waals surface area contributed by atoms with Gasteiger partial charge in [0.05, 0.1) is 17.4 Å². The van der Waals surface area contributed by atoms with Gasteiger partial charge < -0.3 is 19.6 Å². The Bertz CT molecular complexity index is 860. The Morgan fingerprint density at radius 3 is 2.14 bits per heavy atom. The lowest BCUT2D eigenvalue weighted by Crippen LogP contribution is -2.49. The number of carbonyl (C=O) groups excluding carboxylic acids is 2.